The minimum atomic E-state index is 0.0350. The molecule has 4 nitrogen and oxygen atoms in total. The summed E-state index contributed by atoms with van der Waals surface area (Å²) in [5.41, 5.74) is 0.780. The molecule has 0 bridgehead atoms. The van der Waals surface area contributed by atoms with Gasteiger partial charge in [-0.1, -0.05) is 37.7 Å². The van der Waals surface area contributed by atoms with E-state index < -0.39 is 0 Å². The molecule has 0 radical (unpaired) electrons. The van der Waals surface area contributed by atoms with Crippen LogP contribution in [0.3, 0.4) is 0 Å². The van der Waals surface area contributed by atoms with Crippen LogP contribution in [0, 0.1) is 5.92 Å². The number of aliphatic hydroxyl groups is 1. The summed E-state index contributed by atoms with van der Waals surface area (Å²) in [6.45, 7) is 5.16. The van der Waals surface area contributed by atoms with Crippen LogP contribution in [0.2, 0.25) is 0 Å². The maximum atomic E-state index is 12.7. The van der Waals surface area contributed by atoms with E-state index in [2.05, 4.69) is 18.8 Å². The molecule has 2 rings (SSSR count). The molecule has 0 fully saturated rings. The van der Waals surface area contributed by atoms with Crippen LogP contribution >= 0.6 is 11.8 Å². The average molecular weight is 306 g/mol. The molecular weight excluding hydrogens is 284 g/mol. The highest BCUT2D eigenvalue weighted by Crippen LogP contribution is 2.19. The molecule has 1 aromatic carbocycles. The smallest absolute Gasteiger partial charge is 0.262 e. The van der Waals surface area contributed by atoms with Crippen LogP contribution in [0.4, 0.5) is 0 Å². The van der Waals surface area contributed by atoms with Crippen molar-refractivity contribution in [3.63, 3.8) is 0 Å². The van der Waals surface area contributed by atoms with Crippen molar-refractivity contribution in [1.29, 1.82) is 0 Å². The van der Waals surface area contributed by atoms with E-state index in [4.69, 9.17) is 5.11 Å². The van der Waals surface area contributed by atoms with Crippen molar-refractivity contribution in [1.82, 2.24) is 9.55 Å². The van der Waals surface area contributed by atoms with Gasteiger partial charge in [0.25, 0.3) is 5.56 Å². The molecule has 21 heavy (non-hydrogen) atoms. The highest BCUT2D eigenvalue weighted by atomic mass is 32.2. The molecule has 0 saturated carbocycles. The molecule has 0 aliphatic heterocycles. The van der Waals surface area contributed by atoms with Crippen molar-refractivity contribution in [3.8, 4) is 0 Å². The van der Waals surface area contributed by atoms with Crippen LogP contribution in [-0.2, 0) is 6.54 Å². The van der Waals surface area contributed by atoms with Gasteiger partial charge in [-0.25, -0.2) is 4.98 Å². The van der Waals surface area contributed by atoms with Crippen molar-refractivity contribution < 1.29 is 5.11 Å². The molecule has 0 amide bonds. The van der Waals surface area contributed by atoms with E-state index in [-0.39, 0.29) is 12.2 Å². The zero-order chi connectivity index (χ0) is 15.2. The predicted molar refractivity (Wildman–Crippen MR) is 87.9 cm³/mol. The second-order valence-corrected chi connectivity index (χ2v) is 6.54. The fourth-order valence-corrected chi connectivity index (χ4v) is 3.02. The summed E-state index contributed by atoms with van der Waals surface area (Å²) < 4.78 is 1.78. The summed E-state index contributed by atoms with van der Waals surface area (Å²) in [6.07, 6.45) is 1.66. The number of fused-ring (bicyclic) bond motifs is 1. The summed E-state index contributed by atoms with van der Waals surface area (Å²) in [4.78, 5) is 17.3. The molecule has 1 N–H and O–H groups in total. The lowest BCUT2D eigenvalue weighted by molar-refractivity contribution is 0.296. The normalized spacial score (nSPS) is 11.4. The van der Waals surface area contributed by atoms with E-state index in [9.17, 15) is 4.79 Å². The van der Waals surface area contributed by atoms with Crippen LogP contribution < -0.4 is 5.56 Å². The third-order valence-electron chi connectivity index (χ3n) is 3.29. The fraction of sp³-hybridized carbons (Fsp3) is 0.500. The minimum Gasteiger partial charge on any atom is -0.396 e. The van der Waals surface area contributed by atoms with E-state index >= 15 is 0 Å². The Labute approximate surface area is 129 Å². The Morgan fingerprint density at radius 1 is 1.33 bits per heavy atom. The second-order valence-electron chi connectivity index (χ2n) is 5.48. The lowest BCUT2D eigenvalue weighted by Crippen LogP contribution is -2.24. The number of aromatic nitrogens is 2. The topological polar surface area (TPSA) is 55.1 Å². The predicted octanol–water partition coefficient (Wildman–Crippen LogP) is 2.92. The first-order chi connectivity index (χ1) is 10.1. The highest BCUT2D eigenvalue weighted by Gasteiger charge is 2.11. The molecule has 0 spiro atoms. The molecular formula is C16H22N2O2S. The summed E-state index contributed by atoms with van der Waals surface area (Å²) in [5, 5.41) is 10.3. The lowest BCUT2D eigenvalue weighted by atomic mass is 10.1. The van der Waals surface area contributed by atoms with E-state index in [0.717, 1.165) is 22.8 Å². The van der Waals surface area contributed by atoms with Crippen LogP contribution in [-0.4, -0.2) is 27.0 Å². The second kappa shape index (κ2) is 7.61. The molecule has 0 unspecified atom stereocenters. The van der Waals surface area contributed by atoms with Crippen LogP contribution in [0.15, 0.2) is 34.2 Å². The number of hydrogen-bond acceptors (Lipinski definition) is 4. The van der Waals surface area contributed by atoms with Gasteiger partial charge in [0.2, 0.25) is 0 Å². The van der Waals surface area contributed by atoms with Gasteiger partial charge in [-0.3, -0.25) is 9.36 Å². The van der Waals surface area contributed by atoms with E-state index in [0.29, 0.717) is 24.3 Å². The van der Waals surface area contributed by atoms with E-state index in [1.807, 2.05) is 24.3 Å². The molecule has 5 heteroatoms. The Kier molecular flexibility index (Phi) is 5.82. The Hall–Kier alpha value is -1.33. The molecule has 0 aliphatic rings. The summed E-state index contributed by atoms with van der Waals surface area (Å²) >= 11 is 1.54. The third-order valence-corrected chi connectivity index (χ3v) is 4.35. The molecule has 1 heterocycles. The van der Waals surface area contributed by atoms with Crippen LogP contribution in [0.1, 0.15) is 26.7 Å². The highest BCUT2D eigenvalue weighted by molar-refractivity contribution is 7.99. The standard InChI is InChI=1S/C16H22N2O2S/c1-12(2)8-9-18-15(20)13-6-3-4-7-14(13)17-16(18)21-11-5-10-19/h3-4,6-7,12,19H,5,8-11H2,1-2H3. The largest absolute Gasteiger partial charge is 0.396 e. The van der Waals surface area contributed by atoms with Gasteiger partial charge >= 0.3 is 0 Å². The van der Waals surface area contributed by atoms with Gasteiger partial charge in [0, 0.05) is 18.9 Å². The maximum Gasteiger partial charge on any atom is 0.262 e. The van der Waals surface area contributed by atoms with Gasteiger partial charge < -0.3 is 5.11 Å². The Balaban J connectivity index is 2.41. The molecule has 0 saturated heterocycles. The van der Waals surface area contributed by atoms with Crippen molar-refractivity contribution >= 4 is 22.7 Å². The van der Waals surface area contributed by atoms with E-state index in [1.165, 1.54) is 0 Å². The quantitative estimate of drug-likeness (QED) is 0.485. The first-order valence-electron chi connectivity index (χ1n) is 7.36. The monoisotopic (exact) mass is 306 g/mol. The van der Waals surface area contributed by atoms with Gasteiger partial charge in [0.15, 0.2) is 5.16 Å². The Morgan fingerprint density at radius 3 is 2.81 bits per heavy atom. The maximum absolute atomic E-state index is 12.7. The molecule has 0 atom stereocenters. The first-order valence-corrected chi connectivity index (χ1v) is 8.35. The van der Waals surface area contributed by atoms with Gasteiger partial charge in [0.05, 0.1) is 10.9 Å². The summed E-state index contributed by atoms with van der Waals surface area (Å²) in [5.74, 6) is 1.31. The number of nitrogens with zero attached hydrogens (tertiary/aromatic N) is 2. The third kappa shape index (κ3) is 4.08. The van der Waals surface area contributed by atoms with Gasteiger partial charge in [-0.15, -0.1) is 0 Å². The first kappa shape index (κ1) is 16.0. The van der Waals surface area contributed by atoms with Crippen molar-refractivity contribution in [2.45, 2.75) is 38.4 Å². The van der Waals surface area contributed by atoms with Crippen molar-refractivity contribution in [3.05, 3.63) is 34.6 Å². The average Bonchev–Trinajstić information content (AvgIpc) is 2.47. The van der Waals surface area contributed by atoms with Crippen LogP contribution in [0.5, 0.6) is 0 Å². The molecule has 1 aromatic heterocycles. The number of thioether (sulfide) groups is 1. The fourth-order valence-electron chi connectivity index (χ4n) is 2.07. The Morgan fingerprint density at radius 2 is 2.10 bits per heavy atom. The minimum absolute atomic E-state index is 0.0350. The van der Waals surface area contributed by atoms with Gasteiger partial charge in [0.1, 0.15) is 0 Å². The van der Waals surface area contributed by atoms with Gasteiger partial charge in [-0.05, 0) is 30.9 Å². The van der Waals surface area contributed by atoms with Crippen LogP contribution in [0.25, 0.3) is 10.9 Å². The summed E-state index contributed by atoms with van der Waals surface area (Å²) in [7, 11) is 0. The summed E-state index contributed by atoms with van der Waals surface area (Å²) in [6, 6.07) is 7.48. The Bertz CT molecular complexity index is 652. The number of para-hydroxylation sites is 1. The zero-order valence-corrected chi connectivity index (χ0v) is 13.4. The van der Waals surface area contributed by atoms with Crippen molar-refractivity contribution in [2.24, 2.45) is 5.92 Å². The number of rotatable bonds is 7. The number of aliphatic hydroxyl groups excluding tert-OH is 1. The number of benzene rings is 1. The lowest BCUT2D eigenvalue weighted by Gasteiger charge is -2.14. The molecule has 0 aliphatic carbocycles. The SMILES string of the molecule is CC(C)CCn1c(SCCCO)nc2ccccc2c1=O. The van der Waals surface area contributed by atoms with Gasteiger partial charge in [-0.2, -0.15) is 0 Å². The van der Waals surface area contributed by atoms with E-state index in [1.54, 1.807) is 16.3 Å². The van der Waals surface area contributed by atoms with Crippen molar-refractivity contribution in [2.75, 3.05) is 12.4 Å². The molecule has 2 aromatic rings. The molecule has 114 valence electrons. The zero-order valence-electron chi connectivity index (χ0n) is 12.6. The number of hydrogen-bond donors (Lipinski definition) is 1.